The second-order valence-electron chi connectivity index (χ2n) is 7.56. The van der Waals surface area contributed by atoms with Crippen LogP contribution in [0, 0.1) is 5.41 Å². The number of para-hydroxylation sites is 1. The highest BCUT2D eigenvalue weighted by Gasteiger charge is 2.69. The number of rotatable bonds is 6. The summed E-state index contributed by atoms with van der Waals surface area (Å²) in [6.45, 7) is 4.05. The van der Waals surface area contributed by atoms with Gasteiger partial charge in [0.2, 0.25) is 5.78 Å². The molecule has 2 aromatic carbocycles. The number of aryl methyl sites for hydroxylation is 1. The lowest BCUT2D eigenvalue weighted by Crippen LogP contribution is -2.24. The fourth-order valence-corrected chi connectivity index (χ4v) is 4.48. The Bertz CT molecular complexity index is 1100. The van der Waals surface area contributed by atoms with Crippen LogP contribution < -0.4 is 0 Å². The summed E-state index contributed by atoms with van der Waals surface area (Å²) in [6.07, 6.45) is 0.320. The van der Waals surface area contributed by atoms with E-state index in [1.807, 2.05) is 61.5 Å². The van der Waals surface area contributed by atoms with Crippen molar-refractivity contribution in [3.63, 3.8) is 0 Å². The van der Waals surface area contributed by atoms with Crippen LogP contribution in [0.5, 0.6) is 0 Å². The van der Waals surface area contributed by atoms with Crippen molar-refractivity contribution in [2.24, 2.45) is 5.41 Å². The fourth-order valence-electron chi connectivity index (χ4n) is 3.79. The molecule has 0 N–H and O–H groups in total. The van der Waals surface area contributed by atoms with Gasteiger partial charge < -0.3 is 9.30 Å². The number of alkyl halides is 2. The molecule has 1 heterocycles. The molecule has 1 aliphatic carbocycles. The number of aromatic nitrogens is 1. The Morgan fingerprint density at radius 2 is 1.69 bits per heavy atom. The lowest BCUT2D eigenvalue weighted by molar-refractivity contribution is -0.148. The Morgan fingerprint density at radius 3 is 2.31 bits per heavy atom. The van der Waals surface area contributed by atoms with Crippen LogP contribution in [0.2, 0.25) is 0 Å². The predicted octanol–water partition coefficient (Wildman–Crippen LogP) is 5.64. The van der Waals surface area contributed by atoms with Crippen molar-refractivity contribution < 1.29 is 14.3 Å². The van der Waals surface area contributed by atoms with Gasteiger partial charge in [-0.3, -0.25) is 9.59 Å². The van der Waals surface area contributed by atoms with Crippen LogP contribution in [0.25, 0.3) is 22.2 Å². The van der Waals surface area contributed by atoms with Crippen LogP contribution in [0.4, 0.5) is 0 Å². The second-order valence-corrected chi connectivity index (χ2v) is 9.05. The van der Waals surface area contributed by atoms with E-state index in [2.05, 4.69) is 4.57 Å². The topological polar surface area (TPSA) is 48.3 Å². The summed E-state index contributed by atoms with van der Waals surface area (Å²) in [5, 5.41) is 0.843. The molecule has 1 unspecified atom stereocenters. The number of hydrogen-bond donors (Lipinski definition) is 0. The second kappa shape index (κ2) is 7.19. The van der Waals surface area contributed by atoms with Gasteiger partial charge in [0.05, 0.1) is 11.3 Å². The highest BCUT2D eigenvalue weighted by Crippen LogP contribution is 2.64. The van der Waals surface area contributed by atoms with Crippen molar-refractivity contribution in [3.8, 4) is 11.3 Å². The Hall–Kier alpha value is -2.30. The largest absolute Gasteiger partial charge is 0.457 e. The molecule has 0 spiro atoms. The molecule has 1 saturated carbocycles. The van der Waals surface area contributed by atoms with Crippen LogP contribution in [-0.2, 0) is 16.1 Å². The molecule has 0 aliphatic heterocycles. The van der Waals surface area contributed by atoms with Crippen molar-refractivity contribution in [1.29, 1.82) is 0 Å². The number of hydrogen-bond acceptors (Lipinski definition) is 3. The van der Waals surface area contributed by atoms with Crippen LogP contribution in [-0.4, -0.2) is 27.3 Å². The van der Waals surface area contributed by atoms with Crippen LogP contribution >= 0.6 is 23.2 Å². The number of halogens is 2. The van der Waals surface area contributed by atoms with E-state index in [1.54, 1.807) is 6.92 Å². The summed E-state index contributed by atoms with van der Waals surface area (Å²) in [5.74, 6) is -0.795. The lowest BCUT2D eigenvalue weighted by atomic mass is 10.0. The number of ether oxygens (including phenoxy) is 1. The molecule has 0 saturated heterocycles. The van der Waals surface area contributed by atoms with Crippen molar-refractivity contribution in [2.45, 2.75) is 31.1 Å². The first-order valence-corrected chi connectivity index (χ1v) is 10.3. The maximum Gasteiger partial charge on any atom is 0.315 e. The summed E-state index contributed by atoms with van der Waals surface area (Å²) in [6, 6.07) is 17.5. The van der Waals surface area contributed by atoms with E-state index in [-0.39, 0.29) is 12.4 Å². The number of nitrogens with zero attached hydrogens (tertiary/aromatic N) is 1. The minimum absolute atomic E-state index is 0.250. The zero-order valence-corrected chi connectivity index (χ0v) is 17.8. The average molecular weight is 430 g/mol. The molecule has 1 aromatic heterocycles. The van der Waals surface area contributed by atoms with Gasteiger partial charge in [0, 0.05) is 23.9 Å². The normalized spacial score (nSPS) is 19.9. The molecule has 3 aromatic rings. The number of Topliss-reactive ketones (excluding diaryl/α,β-unsaturated/α-hetero) is 1. The number of carbonyl (C=O) groups is 2. The molecule has 4 rings (SSSR count). The molecular formula is C23H21Cl2NO3. The molecule has 0 bridgehead atoms. The number of ketones is 1. The predicted molar refractivity (Wildman–Crippen MR) is 115 cm³/mol. The first kappa shape index (κ1) is 20.0. The SMILES string of the molecule is CCn1c(-c2ccccc2)c(C(=O)COC(=O)C2(C)CC2(Cl)Cl)c2ccccc21. The first-order chi connectivity index (χ1) is 13.8. The fraction of sp³-hybridized carbons (Fsp3) is 0.304. The van der Waals surface area contributed by atoms with Gasteiger partial charge in [-0.25, -0.2) is 0 Å². The summed E-state index contributed by atoms with van der Waals surface area (Å²) >= 11 is 12.1. The summed E-state index contributed by atoms with van der Waals surface area (Å²) in [4.78, 5) is 25.6. The first-order valence-electron chi connectivity index (χ1n) is 9.55. The van der Waals surface area contributed by atoms with Gasteiger partial charge in [-0.15, -0.1) is 23.2 Å². The molecule has 0 amide bonds. The molecule has 150 valence electrons. The van der Waals surface area contributed by atoms with E-state index >= 15 is 0 Å². The van der Waals surface area contributed by atoms with E-state index in [4.69, 9.17) is 27.9 Å². The highest BCUT2D eigenvalue weighted by molar-refractivity contribution is 6.53. The van der Waals surface area contributed by atoms with E-state index < -0.39 is 15.7 Å². The minimum atomic E-state index is -1.12. The van der Waals surface area contributed by atoms with Crippen molar-refractivity contribution in [1.82, 2.24) is 4.57 Å². The standard InChI is InChI=1S/C23H21Cl2NO3/c1-3-26-17-12-8-7-11-16(17)19(20(26)15-9-5-4-6-10-15)18(27)13-29-21(28)22(2)14-23(22,24)25/h4-12H,3,13-14H2,1-2H3. The van der Waals surface area contributed by atoms with Gasteiger partial charge in [0.15, 0.2) is 6.61 Å². The van der Waals surface area contributed by atoms with Crippen LogP contribution in [0.1, 0.15) is 30.6 Å². The van der Waals surface area contributed by atoms with Gasteiger partial charge in [-0.2, -0.15) is 0 Å². The monoisotopic (exact) mass is 429 g/mol. The molecule has 29 heavy (non-hydrogen) atoms. The van der Waals surface area contributed by atoms with Gasteiger partial charge in [0.1, 0.15) is 9.75 Å². The van der Waals surface area contributed by atoms with Crippen molar-refractivity contribution in [2.75, 3.05) is 6.61 Å². The Morgan fingerprint density at radius 1 is 1.07 bits per heavy atom. The van der Waals surface area contributed by atoms with Crippen LogP contribution in [0.15, 0.2) is 54.6 Å². The quantitative estimate of drug-likeness (QED) is 0.289. The molecule has 6 heteroatoms. The summed E-state index contributed by atoms with van der Waals surface area (Å²) in [5.41, 5.74) is 2.34. The van der Waals surface area contributed by atoms with Gasteiger partial charge in [-0.05, 0) is 25.5 Å². The third kappa shape index (κ3) is 3.24. The highest BCUT2D eigenvalue weighted by atomic mass is 35.5. The summed E-state index contributed by atoms with van der Waals surface area (Å²) < 4.78 is 6.33. The third-order valence-corrected chi connectivity index (χ3v) is 6.76. The minimum Gasteiger partial charge on any atom is -0.457 e. The third-order valence-electron chi connectivity index (χ3n) is 5.66. The number of benzene rings is 2. The van der Waals surface area contributed by atoms with E-state index in [9.17, 15) is 9.59 Å². The van der Waals surface area contributed by atoms with Gasteiger partial charge in [-0.1, -0.05) is 48.5 Å². The molecule has 1 fully saturated rings. The zero-order chi connectivity index (χ0) is 20.8. The van der Waals surface area contributed by atoms with Gasteiger partial charge in [0.25, 0.3) is 0 Å². The maximum absolute atomic E-state index is 13.2. The molecular weight excluding hydrogens is 409 g/mol. The van der Waals surface area contributed by atoms with Crippen molar-refractivity contribution >= 4 is 45.9 Å². The van der Waals surface area contributed by atoms with Gasteiger partial charge >= 0.3 is 5.97 Å². The Labute approximate surface area is 179 Å². The maximum atomic E-state index is 13.2. The Kier molecular flexibility index (Phi) is 4.96. The average Bonchev–Trinajstić information content (AvgIpc) is 3.09. The summed E-state index contributed by atoms with van der Waals surface area (Å²) in [7, 11) is 0. The van der Waals surface area contributed by atoms with E-state index in [0.717, 1.165) is 22.2 Å². The molecule has 0 radical (unpaired) electrons. The molecule has 1 atom stereocenters. The van der Waals surface area contributed by atoms with Crippen LogP contribution in [0.3, 0.4) is 0 Å². The van der Waals surface area contributed by atoms with E-state index in [1.165, 1.54) is 0 Å². The Balaban J connectivity index is 1.73. The number of esters is 1. The van der Waals surface area contributed by atoms with Crippen molar-refractivity contribution in [3.05, 3.63) is 60.2 Å². The number of fused-ring (bicyclic) bond motifs is 1. The number of carbonyl (C=O) groups excluding carboxylic acids is 2. The lowest BCUT2D eigenvalue weighted by Gasteiger charge is -2.13. The smallest absolute Gasteiger partial charge is 0.315 e. The zero-order valence-electron chi connectivity index (χ0n) is 16.2. The molecule has 4 nitrogen and oxygen atoms in total. The van der Waals surface area contributed by atoms with E-state index in [0.29, 0.717) is 18.5 Å². The molecule has 1 aliphatic rings.